The second kappa shape index (κ2) is 10.4. The molecule has 8 heteroatoms. The molecule has 0 spiro atoms. The highest BCUT2D eigenvalue weighted by Crippen LogP contribution is 2.40. The molecule has 0 aliphatic rings. The Morgan fingerprint density at radius 3 is 2.34 bits per heavy atom. The smallest absolute Gasteiger partial charge is 0.388 e. The Bertz CT molecular complexity index is 1370. The fourth-order valence-electron chi connectivity index (χ4n) is 4.18. The van der Waals surface area contributed by atoms with Crippen molar-refractivity contribution in [3.63, 3.8) is 0 Å². The average Bonchev–Trinajstić information content (AvgIpc) is 2.81. The van der Waals surface area contributed by atoms with Crippen molar-refractivity contribution in [1.82, 2.24) is 5.32 Å². The van der Waals surface area contributed by atoms with E-state index in [2.05, 4.69) is 5.32 Å². The second-order valence-corrected chi connectivity index (χ2v) is 9.21. The number of alkyl halides is 3. The summed E-state index contributed by atoms with van der Waals surface area (Å²) in [4.78, 5) is 12.5. The van der Waals surface area contributed by atoms with Crippen LogP contribution in [0.5, 0.6) is 0 Å². The second-order valence-electron chi connectivity index (χ2n) is 8.37. The Morgan fingerprint density at radius 1 is 0.914 bits per heavy atom. The number of hydrogen-bond acceptors (Lipinski definition) is 2. The summed E-state index contributed by atoms with van der Waals surface area (Å²) in [6, 6.07) is 17.8. The predicted octanol–water partition coefficient (Wildman–Crippen LogP) is 7.49. The van der Waals surface area contributed by atoms with Crippen LogP contribution in [-0.2, 0) is 17.4 Å². The van der Waals surface area contributed by atoms with Gasteiger partial charge < -0.3 is 10.4 Å². The number of carbonyl (C=O) groups excluding carboxylic acids is 1. The van der Waals surface area contributed by atoms with Crippen molar-refractivity contribution in [3.05, 3.63) is 93.5 Å². The lowest BCUT2D eigenvalue weighted by Gasteiger charge is -2.18. The molecule has 0 saturated heterocycles. The third-order valence-corrected chi connectivity index (χ3v) is 6.42. The van der Waals surface area contributed by atoms with Gasteiger partial charge in [0.25, 0.3) is 0 Å². The minimum atomic E-state index is -4.54. The highest BCUT2D eigenvalue weighted by atomic mass is 35.5. The molecule has 0 aliphatic carbocycles. The summed E-state index contributed by atoms with van der Waals surface area (Å²) in [5.41, 5.74) is 0.662. The molecule has 4 aromatic carbocycles. The summed E-state index contributed by atoms with van der Waals surface area (Å²) in [5.74, 6) is -0.354. The lowest BCUT2D eigenvalue weighted by Crippen LogP contribution is -2.26. The number of rotatable bonds is 7. The van der Waals surface area contributed by atoms with Crippen molar-refractivity contribution in [3.8, 4) is 0 Å². The number of halogens is 5. The lowest BCUT2D eigenvalue weighted by molar-refractivity contribution is -0.137. The maximum absolute atomic E-state index is 13.4. The van der Waals surface area contributed by atoms with Gasteiger partial charge in [0.05, 0.1) is 18.1 Å². The molecule has 0 heterocycles. The van der Waals surface area contributed by atoms with Gasteiger partial charge >= 0.3 is 6.18 Å². The van der Waals surface area contributed by atoms with Crippen molar-refractivity contribution < 1.29 is 23.1 Å². The van der Waals surface area contributed by atoms with Crippen LogP contribution in [0.3, 0.4) is 0 Å². The number of carbonyl (C=O) groups is 1. The monoisotopic (exact) mass is 519 g/mol. The molecule has 2 N–H and O–H groups in total. The molecular weight excluding hydrogens is 498 g/mol. The summed E-state index contributed by atoms with van der Waals surface area (Å²) < 4.78 is 40.2. The van der Waals surface area contributed by atoms with E-state index in [0.29, 0.717) is 28.3 Å². The molecule has 35 heavy (non-hydrogen) atoms. The van der Waals surface area contributed by atoms with Crippen molar-refractivity contribution in [2.45, 2.75) is 31.5 Å². The minimum absolute atomic E-state index is 0.238. The molecule has 0 aliphatic heterocycles. The molecule has 0 aromatic heterocycles. The van der Waals surface area contributed by atoms with E-state index in [1.165, 1.54) is 17.7 Å². The van der Waals surface area contributed by atoms with Gasteiger partial charge in [-0.05, 0) is 70.5 Å². The van der Waals surface area contributed by atoms with Gasteiger partial charge in [-0.1, -0.05) is 59.6 Å². The predicted molar refractivity (Wildman–Crippen MR) is 134 cm³/mol. The van der Waals surface area contributed by atoms with E-state index in [-0.39, 0.29) is 27.8 Å². The molecule has 1 unspecified atom stereocenters. The first kappa shape index (κ1) is 25.3. The number of aliphatic hydroxyl groups excluding tert-OH is 1. The number of amides is 1. The minimum Gasteiger partial charge on any atom is -0.388 e. The topological polar surface area (TPSA) is 49.3 Å². The van der Waals surface area contributed by atoms with Crippen molar-refractivity contribution >= 4 is 50.7 Å². The van der Waals surface area contributed by atoms with E-state index >= 15 is 0 Å². The van der Waals surface area contributed by atoms with Crippen molar-refractivity contribution in [2.24, 2.45) is 0 Å². The number of hydrogen-bond donors (Lipinski definition) is 2. The van der Waals surface area contributed by atoms with Gasteiger partial charge in [-0.2, -0.15) is 13.2 Å². The maximum atomic E-state index is 13.4. The molecule has 0 radical (unpaired) electrons. The summed E-state index contributed by atoms with van der Waals surface area (Å²) >= 11 is 12.5. The first-order chi connectivity index (χ1) is 16.6. The van der Waals surface area contributed by atoms with Gasteiger partial charge in [-0.3, -0.25) is 4.79 Å². The quantitative estimate of drug-likeness (QED) is 0.196. The molecule has 0 bridgehead atoms. The Kier molecular flexibility index (Phi) is 7.55. The Labute approximate surface area is 210 Å². The highest BCUT2D eigenvalue weighted by molar-refractivity contribution is 6.39. The van der Waals surface area contributed by atoms with E-state index in [1.807, 2.05) is 30.3 Å². The number of benzene rings is 4. The third kappa shape index (κ3) is 5.89. The summed E-state index contributed by atoms with van der Waals surface area (Å²) in [7, 11) is 0. The van der Waals surface area contributed by atoms with Crippen LogP contribution in [0.2, 0.25) is 10.0 Å². The molecule has 1 atom stereocenters. The molecular formula is C27H22Cl2F3NO2. The molecule has 182 valence electrons. The van der Waals surface area contributed by atoms with Crippen LogP contribution in [0, 0.1) is 0 Å². The van der Waals surface area contributed by atoms with Crippen LogP contribution in [0.4, 0.5) is 13.2 Å². The van der Waals surface area contributed by atoms with E-state index in [0.717, 1.165) is 25.0 Å². The summed E-state index contributed by atoms with van der Waals surface area (Å²) in [6.07, 6.45) is -4.47. The maximum Gasteiger partial charge on any atom is 0.416 e. The van der Waals surface area contributed by atoms with E-state index < -0.39 is 17.8 Å². The fraction of sp³-hybridized carbons (Fsp3) is 0.222. The highest BCUT2D eigenvalue weighted by Gasteiger charge is 2.31. The van der Waals surface area contributed by atoms with Gasteiger partial charge in [0.1, 0.15) is 0 Å². The van der Waals surface area contributed by atoms with E-state index in [9.17, 15) is 23.1 Å². The van der Waals surface area contributed by atoms with Crippen molar-refractivity contribution in [1.29, 1.82) is 0 Å². The van der Waals surface area contributed by atoms with E-state index in [4.69, 9.17) is 23.2 Å². The Balaban J connectivity index is 1.59. The lowest BCUT2D eigenvalue weighted by atomic mass is 9.92. The van der Waals surface area contributed by atoms with Crippen LogP contribution in [0.15, 0.2) is 66.7 Å². The normalized spacial score (nSPS) is 12.7. The van der Waals surface area contributed by atoms with Crippen LogP contribution < -0.4 is 5.32 Å². The molecule has 1 amide bonds. The zero-order valence-corrected chi connectivity index (χ0v) is 20.0. The average molecular weight is 520 g/mol. The number of fused-ring (bicyclic) bond motifs is 3. The van der Waals surface area contributed by atoms with Gasteiger partial charge in [0, 0.05) is 22.0 Å². The van der Waals surface area contributed by atoms with Crippen LogP contribution in [0.1, 0.15) is 35.6 Å². The summed E-state index contributed by atoms with van der Waals surface area (Å²) in [6.45, 7) is 0.443. The zero-order chi connectivity index (χ0) is 25.2. The number of aryl methyl sites for hydroxylation is 1. The largest absolute Gasteiger partial charge is 0.416 e. The van der Waals surface area contributed by atoms with E-state index in [1.54, 1.807) is 12.1 Å². The molecule has 0 fully saturated rings. The SMILES string of the molecule is O=C(CC(O)c1cc2c(Cl)cc(Cl)cc2c2cc(C(F)(F)F)ccc12)NCCCc1ccccc1. The fourth-order valence-corrected chi connectivity index (χ4v) is 4.73. The summed E-state index contributed by atoms with van der Waals surface area (Å²) in [5, 5.41) is 15.7. The van der Waals surface area contributed by atoms with Gasteiger partial charge in [-0.15, -0.1) is 0 Å². The first-order valence-electron chi connectivity index (χ1n) is 11.0. The molecule has 4 rings (SSSR count). The first-order valence-corrected chi connectivity index (χ1v) is 11.8. The standard InChI is InChI=1S/C27H22Cl2F3NO2/c28-18-12-21-20-11-17(27(30,31)32)8-9-19(20)23(14-22(21)24(29)13-18)25(34)15-26(35)33-10-4-7-16-5-2-1-3-6-16/h1-3,5-6,8-9,11-14,25,34H,4,7,10,15H2,(H,33,35). The van der Waals surface area contributed by atoms with Gasteiger partial charge in [-0.25, -0.2) is 0 Å². The van der Waals surface area contributed by atoms with Crippen LogP contribution in [-0.4, -0.2) is 17.6 Å². The Hall–Kier alpha value is -2.80. The molecule has 0 saturated carbocycles. The zero-order valence-electron chi connectivity index (χ0n) is 18.5. The molecule has 3 nitrogen and oxygen atoms in total. The number of nitrogens with one attached hydrogen (secondary N) is 1. The van der Waals surface area contributed by atoms with Crippen LogP contribution >= 0.6 is 23.2 Å². The van der Waals surface area contributed by atoms with Gasteiger partial charge in [0.2, 0.25) is 5.91 Å². The van der Waals surface area contributed by atoms with Crippen LogP contribution in [0.25, 0.3) is 21.5 Å². The van der Waals surface area contributed by atoms with Crippen molar-refractivity contribution in [2.75, 3.05) is 6.54 Å². The third-order valence-electron chi connectivity index (χ3n) is 5.89. The van der Waals surface area contributed by atoms with Gasteiger partial charge in [0.15, 0.2) is 0 Å². The molecule has 4 aromatic rings. The Morgan fingerprint density at radius 2 is 1.63 bits per heavy atom. The number of aliphatic hydroxyl groups is 1.